The van der Waals surface area contributed by atoms with Crippen molar-refractivity contribution in [2.45, 2.75) is 6.55 Å². The Kier molecular flexibility index (Phi) is 18.0. The van der Waals surface area contributed by atoms with Crippen LogP contribution in [0.1, 0.15) is 0 Å². The molecule has 7 nitrogen and oxygen atoms in total. The van der Waals surface area contributed by atoms with Crippen molar-refractivity contribution in [3.63, 3.8) is 0 Å². The molecule has 0 saturated heterocycles. The molecule has 0 rings (SSSR count). The zero-order chi connectivity index (χ0) is 11.9. The standard InChI is InChI=1S/CH20O7Si8/c1-10-3-12-5-14-7-16-8-15-6-13-4-11-2-9/h10-16H2,1,9H3. The molecule has 15 heteroatoms. The molecule has 0 aromatic carbocycles. The summed E-state index contributed by atoms with van der Waals surface area (Å²) in [6.07, 6.45) is 0. The van der Waals surface area contributed by atoms with Crippen LogP contribution < -0.4 is 0 Å². The zero-order valence-corrected chi connectivity index (χ0v) is 21.7. The van der Waals surface area contributed by atoms with Gasteiger partial charge in [0.25, 0.3) is 60.0 Å². The van der Waals surface area contributed by atoms with Crippen molar-refractivity contribution in [2.75, 3.05) is 0 Å². The largest absolute Gasteiger partial charge is 0.449 e. The molecule has 0 aliphatic carbocycles. The van der Waals surface area contributed by atoms with Crippen molar-refractivity contribution < 1.29 is 28.8 Å². The molecule has 0 heterocycles. The van der Waals surface area contributed by atoms with E-state index in [9.17, 15) is 0 Å². The van der Waals surface area contributed by atoms with Crippen LogP contribution in [0.2, 0.25) is 6.55 Å². The first-order valence-corrected chi connectivity index (χ1v) is 14.6. The van der Waals surface area contributed by atoms with Crippen molar-refractivity contribution >= 4 is 80.3 Å². The first kappa shape index (κ1) is 17.5. The van der Waals surface area contributed by atoms with Crippen molar-refractivity contribution in [3.05, 3.63) is 0 Å². The lowest BCUT2D eigenvalue weighted by Gasteiger charge is -2.07. The van der Waals surface area contributed by atoms with Gasteiger partial charge in [0.2, 0.25) is 0 Å². The van der Waals surface area contributed by atoms with Crippen molar-refractivity contribution in [3.8, 4) is 0 Å². The van der Waals surface area contributed by atoms with E-state index in [-0.39, 0.29) is 9.76 Å². The zero-order valence-electron chi connectivity index (χ0n) is 9.81. The molecule has 0 aliphatic rings. The monoisotopic (exact) mass is 368 g/mol. The van der Waals surface area contributed by atoms with Gasteiger partial charge in [0.05, 0.1) is 0 Å². The molecular weight excluding hydrogens is 349 g/mol. The van der Waals surface area contributed by atoms with E-state index in [1.165, 1.54) is 0 Å². The maximum absolute atomic E-state index is 5.33. The quantitative estimate of drug-likeness (QED) is 0.236. The second kappa shape index (κ2) is 16.5. The van der Waals surface area contributed by atoms with Crippen molar-refractivity contribution in [1.82, 2.24) is 0 Å². The van der Waals surface area contributed by atoms with Crippen LogP contribution in [0.3, 0.4) is 0 Å². The van der Waals surface area contributed by atoms with Crippen LogP contribution >= 0.6 is 0 Å². The summed E-state index contributed by atoms with van der Waals surface area (Å²) >= 11 is 0. The Morgan fingerprint density at radius 2 is 1.00 bits per heavy atom. The fourth-order valence-corrected chi connectivity index (χ4v) is 12.5. The van der Waals surface area contributed by atoms with Gasteiger partial charge < -0.3 is 28.8 Å². The van der Waals surface area contributed by atoms with Crippen LogP contribution in [0, 0.1) is 0 Å². The summed E-state index contributed by atoms with van der Waals surface area (Å²) in [5.74, 6) is 0. The fourth-order valence-electron chi connectivity index (χ4n) is 0.631. The molecule has 0 N–H and O–H groups in total. The van der Waals surface area contributed by atoms with Gasteiger partial charge in [0, 0.05) is 0 Å². The Balaban J connectivity index is 2.83. The lowest BCUT2D eigenvalue weighted by atomic mass is 11.9. The van der Waals surface area contributed by atoms with Crippen LogP contribution in [-0.4, -0.2) is 80.3 Å². The predicted molar refractivity (Wildman–Crippen MR) is 83.2 cm³/mol. The second-order valence-electron chi connectivity index (χ2n) is 2.51. The minimum atomic E-state index is -0.857. The molecule has 0 saturated carbocycles. The minimum absolute atomic E-state index is 0.288. The molecule has 0 aromatic heterocycles. The van der Waals surface area contributed by atoms with E-state index in [0.717, 1.165) is 10.5 Å². The van der Waals surface area contributed by atoms with Gasteiger partial charge in [-0.15, -0.1) is 0 Å². The van der Waals surface area contributed by atoms with Gasteiger partial charge in [0.1, 0.15) is 20.2 Å². The average molecular weight is 369 g/mol. The lowest BCUT2D eigenvalue weighted by Crippen LogP contribution is -2.19. The van der Waals surface area contributed by atoms with Crippen LogP contribution in [0.25, 0.3) is 0 Å². The third-order valence-electron chi connectivity index (χ3n) is 1.24. The van der Waals surface area contributed by atoms with Gasteiger partial charge in [-0.25, -0.2) is 0 Å². The third-order valence-corrected chi connectivity index (χ3v) is 11.1. The topological polar surface area (TPSA) is 64.6 Å². The molecule has 0 aromatic rings. The summed E-state index contributed by atoms with van der Waals surface area (Å²) in [6, 6.07) is 0. The highest BCUT2D eigenvalue weighted by molar-refractivity contribution is 6.48. The molecule has 0 spiro atoms. The maximum atomic E-state index is 5.33. The van der Waals surface area contributed by atoms with Gasteiger partial charge in [-0.05, 0) is 0 Å². The normalized spacial score (nSPS) is 16.3. The summed E-state index contributed by atoms with van der Waals surface area (Å²) in [5, 5.41) is 0. The molecule has 0 fully saturated rings. The smallest absolute Gasteiger partial charge is 0.286 e. The Morgan fingerprint density at radius 3 is 1.38 bits per heavy atom. The van der Waals surface area contributed by atoms with E-state index < -0.39 is 60.0 Å². The molecule has 0 aliphatic heterocycles. The molecule has 0 bridgehead atoms. The van der Waals surface area contributed by atoms with E-state index in [1.807, 2.05) is 0 Å². The van der Waals surface area contributed by atoms with Crippen LogP contribution in [0.5, 0.6) is 0 Å². The van der Waals surface area contributed by atoms with E-state index in [2.05, 4.69) is 6.55 Å². The lowest BCUT2D eigenvalue weighted by molar-refractivity contribution is 0.372. The highest BCUT2D eigenvalue weighted by Gasteiger charge is 1.94. The summed E-state index contributed by atoms with van der Waals surface area (Å²) in [4.78, 5) is 0. The first-order valence-electron chi connectivity index (χ1n) is 4.87. The Hall–Kier alpha value is 1.46. The Labute approximate surface area is 115 Å². The first-order chi connectivity index (χ1) is 7.91. The minimum Gasteiger partial charge on any atom is -0.449 e. The third kappa shape index (κ3) is 15.5. The predicted octanol–water partition coefficient (Wildman–Crippen LogP) is -7.49. The van der Waals surface area contributed by atoms with E-state index in [0.29, 0.717) is 0 Å². The second-order valence-corrected chi connectivity index (χ2v) is 16.6. The van der Waals surface area contributed by atoms with Gasteiger partial charge in [-0.1, -0.05) is 6.55 Å². The number of rotatable bonds is 13. The molecule has 98 valence electrons. The summed E-state index contributed by atoms with van der Waals surface area (Å²) in [5.41, 5.74) is 0. The molecule has 0 radical (unpaired) electrons. The van der Waals surface area contributed by atoms with Gasteiger partial charge in [-0.3, -0.25) is 0 Å². The molecule has 16 heavy (non-hydrogen) atoms. The molecule has 0 amide bonds. The van der Waals surface area contributed by atoms with E-state index in [4.69, 9.17) is 28.8 Å². The Morgan fingerprint density at radius 1 is 0.625 bits per heavy atom. The van der Waals surface area contributed by atoms with Crippen LogP contribution in [0.4, 0.5) is 0 Å². The SMILES string of the molecule is C[SiH2]O[SiH2]O[SiH2]O[SiH2]O[SiH2]O[SiH2]O[SiH2]O[SiH3]. The van der Waals surface area contributed by atoms with Crippen LogP contribution in [0.15, 0.2) is 0 Å². The highest BCUT2D eigenvalue weighted by atomic mass is 28.4. The highest BCUT2D eigenvalue weighted by Crippen LogP contribution is 1.76. The van der Waals surface area contributed by atoms with Gasteiger partial charge in [-0.2, -0.15) is 0 Å². The van der Waals surface area contributed by atoms with Crippen LogP contribution in [-0.2, 0) is 28.8 Å². The van der Waals surface area contributed by atoms with Gasteiger partial charge >= 0.3 is 0 Å². The summed E-state index contributed by atoms with van der Waals surface area (Å²) in [6.45, 7) is 2.10. The van der Waals surface area contributed by atoms with Crippen molar-refractivity contribution in [2.24, 2.45) is 0 Å². The van der Waals surface area contributed by atoms with E-state index >= 15 is 0 Å². The fraction of sp³-hybridized carbons (Fsp3) is 1.00. The number of hydrogen-bond donors (Lipinski definition) is 0. The summed E-state index contributed by atoms with van der Waals surface area (Å²) in [7, 11) is -4.30. The maximum Gasteiger partial charge on any atom is 0.286 e. The Bertz CT molecular complexity index is 113. The van der Waals surface area contributed by atoms with Crippen molar-refractivity contribution in [1.29, 1.82) is 0 Å². The molecule has 0 atom stereocenters. The number of hydrogen-bond acceptors (Lipinski definition) is 7. The molecule has 0 unspecified atom stereocenters. The van der Waals surface area contributed by atoms with Gasteiger partial charge in [0.15, 0.2) is 0 Å². The van der Waals surface area contributed by atoms with E-state index in [1.54, 1.807) is 0 Å². The average Bonchev–Trinajstić information content (AvgIpc) is 2.31. The molecular formula is CH20O7Si8. The summed E-state index contributed by atoms with van der Waals surface area (Å²) < 4.78 is 36.8.